The van der Waals surface area contributed by atoms with Crippen LogP contribution in [-0.2, 0) is 0 Å². The fourth-order valence-corrected chi connectivity index (χ4v) is 1.95. The van der Waals surface area contributed by atoms with Crippen molar-refractivity contribution in [3.8, 4) is 0 Å². The largest absolute Gasteiger partial charge is 0.399 e. The van der Waals surface area contributed by atoms with Gasteiger partial charge >= 0.3 is 0 Å². The maximum absolute atomic E-state index is 13.8. The first-order valence-electron chi connectivity index (χ1n) is 6.16. The van der Waals surface area contributed by atoms with Crippen LogP contribution in [0.2, 0.25) is 0 Å². The molecule has 0 atom stereocenters. The van der Waals surface area contributed by atoms with Crippen molar-refractivity contribution in [1.82, 2.24) is 0 Å². The van der Waals surface area contributed by atoms with E-state index in [-0.39, 0.29) is 23.5 Å². The molecular formula is C15H14F2N2O. The third kappa shape index (κ3) is 2.61. The fourth-order valence-electron chi connectivity index (χ4n) is 1.95. The smallest absolute Gasteiger partial charge is 0.261 e. The lowest BCUT2D eigenvalue weighted by Crippen LogP contribution is -2.32. The Morgan fingerprint density at radius 1 is 1.15 bits per heavy atom. The molecule has 2 rings (SSSR count). The molecule has 0 saturated heterocycles. The number of amides is 1. The summed E-state index contributed by atoms with van der Waals surface area (Å²) in [5.41, 5.74) is 5.78. The van der Waals surface area contributed by atoms with Crippen LogP contribution >= 0.6 is 0 Å². The molecule has 1 amide bonds. The molecule has 0 unspecified atom stereocenters. The second-order valence-electron chi connectivity index (χ2n) is 4.24. The molecule has 0 aliphatic rings. The van der Waals surface area contributed by atoms with Gasteiger partial charge in [-0.1, -0.05) is 12.1 Å². The minimum atomic E-state index is -0.681. The lowest BCUT2D eigenvalue weighted by Gasteiger charge is -2.22. The Labute approximate surface area is 115 Å². The third-order valence-electron chi connectivity index (χ3n) is 2.93. The summed E-state index contributed by atoms with van der Waals surface area (Å²) in [6, 6.07) is 9.61. The average Bonchev–Trinajstić information content (AvgIpc) is 2.44. The first kappa shape index (κ1) is 14.0. The van der Waals surface area contributed by atoms with Crippen molar-refractivity contribution >= 4 is 17.3 Å². The summed E-state index contributed by atoms with van der Waals surface area (Å²) in [7, 11) is 0. The van der Waals surface area contributed by atoms with Gasteiger partial charge in [0, 0.05) is 12.2 Å². The summed E-state index contributed by atoms with van der Waals surface area (Å²) in [5, 5.41) is 0. The van der Waals surface area contributed by atoms with Crippen molar-refractivity contribution in [2.24, 2.45) is 0 Å². The third-order valence-corrected chi connectivity index (χ3v) is 2.93. The zero-order valence-corrected chi connectivity index (χ0v) is 10.9. The van der Waals surface area contributed by atoms with Gasteiger partial charge in [0.2, 0.25) is 0 Å². The molecule has 3 nitrogen and oxygen atoms in total. The highest BCUT2D eigenvalue weighted by Gasteiger charge is 2.21. The summed E-state index contributed by atoms with van der Waals surface area (Å²) in [6.45, 7) is 1.91. The van der Waals surface area contributed by atoms with Gasteiger partial charge < -0.3 is 10.6 Å². The Kier molecular flexibility index (Phi) is 3.98. The quantitative estimate of drug-likeness (QED) is 0.875. The van der Waals surface area contributed by atoms with E-state index in [1.54, 1.807) is 13.0 Å². The summed E-state index contributed by atoms with van der Waals surface area (Å²) in [6.07, 6.45) is 0. The van der Waals surface area contributed by atoms with Crippen LogP contribution in [0.5, 0.6) is 0 Å². The van der Waals surface area contributed by atoms with Gasteiger partial charge in [0.15, 0.2) is 0 Å². The van der Waals surface area contributed by atoms with E-state index in [2.05, 4.69) is 0 Å². The van der Waals surface area contributed by atoms with E-state index in [1.807, 2.05) is 0 Å². The maximum Gasteiger partial charge on any atom is 0.261 e. The number of hydrogen-bond donors (Lipinski definition) is 1. The predicted molar refractivity (Wildman–Crippen MR) is 74.6 cm³/mol. The molecule has 0 aliphatic heterocycles. The zero-order chi connectivity index (χ0) is 14.7. The van der Waals surface area contributed by atoms with Crippen LogP contribution in [0.3, 0.4) is 0 Å². The molecule has 0 bridgehead atoms. The Morgan fingerprint density at radius 3 is 2.50 bits per heavy atom. The lowest BCUT2D eigenvalue weighted by atomic mass is 10.1. The number of hydrogen-bond acceptors (Lipinski definition) is 2. The van der Waals surface area contributed by atoms with Gasteiger partial charge in [0.05, 0.1) is 11.3 Å². The average molecular weight is 276 g/mol. The Morgan fingerprint density at radius 2 is 1.85 bits per heavy atom. The Bertz CT molecular complexity index is 644. The number of halogens is 2. The molecule has 0 spiro atoms. The number of para-hydroxylation sites is 1. The van der Waals surface area contributed by atoms with E-state index < -0.39 is 17.5 Å². The molecule has 0 saturated carbocycles. The number of benzene rings is 2. The van der Waals surface area contributed by atoms with Crippen molar-refractivity contribution in [1.29, 1.82) is 0 Å². The molecule has 0 radical (unpaired) electrons. The first-order chi connectivity index (χ1) is 9.54. The maximum atomic E-state index is 13.8. The van der Waals surface area contributed by atoms with Crippen molar-refractivity contribution in [3.63, 3.8) is 0 Å². The highest BCUT2D eigenvalue weighted by atomic mass is 19.1. The molecule has 104 valence electrons. The number of nitrogen functional groups attached to an aromatic ring is 1. The molecule has 0 aromatic heterocycles. The summed E-state index contributed by atoms with van der Waals surface area (Å²) >= 11 is 0. The van der Waals surface area contributed by atoms with E-state index in [9.17, 15) is 13.6 Å². The molecule has 2 aromatic rings. The molecule has 0 fully saturated rings. The van der Waals surface area contributed by atoms with Crippen LogP contribution in [0.25, 0.3) is 0 Å². The van der Waals surface area contributed by atoms with Gasteiger partial charge in [-0.2, -0.15) is 0 Å². The van der Waals surface area contributed by atoms with Gasteiger partial charge in [0.25, 0.3) is 5.91 Å². The number of carbonyl (C=O) groups excluding carboxylic acids is 1. The van der Waals surface area contributed by atoms with Crippen molar-refractivity contribution < 1.29 is 13.6 Å². The SMILES string of the molecule is CCN(C(=O)c1cc(N)ccc1F)c1ccccc1F. The fraction of sp³-hybridized carbons (Fsp3) is 0.133. The van der Waals surface area contributed by atoms with Gasteiger partial charge in [-0.05, 0) is 37.3 Å². The topological polar surface area (TPSA) is 46.3 Å². The predicted octanol–water partition coefficient (Wildman–Crippen LogP) is 3.21. The minimum Gasteiger partial charge on any atom is -0.399 e. The molecule has 5 heteroatoms. The second-order valence-corrected chi connectivity index (χ2v) is 4.24. The number of nitrogens with zero attached hydrogens (tertiary/aromatic N) is 1. The van der Waals surface area contributed by atoms with Crippen LogP contribution in [0, 0.1) is 11.6 Å². The molecule has 0 heterocycles. The number of rotatable bonds is 3. The van der Waals surface area contributed by atoms with Crippen LogP contribution < -0.4 is 10.6 Å². The molecule has 2 N–H and O–H groups in total. The first-order valence-corrected chi connectivity index (χ1v) is 6.16. The van der Waals surface area contributed by atoms with Crippen LogP contribution in [-0.4, -0.2) is 12.5 Å². The highest BCUT2D eigenvalue weighted by molar-refractivity contribution is 6.06. The van der Waals surface area contributed by atoms with Crippen LogP contribution in [0.15, 0.2) is 42.5 Å². The van der Waals surface area contributed by atoms with Crippen LogP contribution in [0.4, 0.5) is 20.2 Å². The van der Waals surface area contributed by atoms with E-state index >= 15 is 0 Å². The van der Waals surface area contributed by atoms with Crippen LogP contribution in [0.1, 0.15) is 17.3 Å². The summed E-state index contributed by atoms with van der Waals surface area (Å²) < 4.78 is 27.5. The van der Waals surface area contributed by atoms with Crippen molar-refractivity contribution in [3.05, 3.63) is 59.7 Å². The second kappa shape index (κ2) is 5.69. The van der Waals surface area contributed by atoms with E-state index in [0.29, 0.717) is 0 Å². The zero-order valence-electron chi connectivity index (χ0n) is 10.9. The number of carbonyl (C=O) groups is 1. The number of nitrogens with two attached hydrogens (primary N) is 1. The standard InChI is InChI=1S/C15H14F2N2O/c1-2-19(14-6-4-3-5-13(14)17)15(20)11-9-10(18)7-8-12(11)16/h3-9H,2,18H2,1H3. The molecule has 0 aliphatic carbocycles. The number of anilines is 2. The van der Waals surface area contributed by atoms with E-state index in [1.165, 1.54) is 35.2 Å². The molecular weight excluding hydrogens is 262 g/mol. The van der Waals surface area contributed by atoms with Gasteiger partial charge in [-0.15, -0.1) is 0 Å². The molecule has 20 heavy (non-hydrogen) atoms. The lowest BCUT2D eigenvalue weighted by molar-refractivity contribution is 0.0983. The highest BCUT2D eigenvalue weighted by Crippen LogP contribution is 2.22. The van der Waals surface area contributed by atoms with E-state index in [4.69, 9.17) is 5.73 Å². The van der Waals surface area contributed by atoms with E-state index in [0.717, 1.165) is 6.07 Å². The van der Waals surface area contributed by atoms with Gasteiger partial charge in [-0.3, -0.25) is 4.79 Å². The normalized spacial score (nSPS) is 10.3. The minimum absolute atomic E-state index is 0.113. The Hall–Kier alpha value is -2.43. The van der Waals surface area contributed by atoms with Gasteiger partial charge in [-0.25, -0.2) is 8.78 Å². The van der Waals surface area contributed by atoms with Gasteiger partial charge in [0.1, 0.15) is 11.6 Å². The van der Waals surface area contributed by atoms with Crippen molar-refractivity contribution in [2.45, 2.75) is 6.92 Å². The van der Waals surface area contributed by atoms with Crippen molar-refractivity contribution in [2.75, 3.05) is 17.2 Å². The molecule has 2 aromatic carbocycles. The summed E-state index contributed by atoms with van der Waals surface area (Å²) in [4.78, 5) is 13.5. The monoisotopic (exact) mass is 276 g/mol. The Balaban J connectivity index is 2.45. The summed E-state index contributed by atoms with van der Waals surface area (Å²) in [5.74, 6) is -1.84.